The fourth-order valence-electron chi connectivity index (χ4n) is 2.66. The minimum atomic E-state index is -0.0487. The van der Waals surface area contributed by atoms with Crippen molar-refractivity contribution in [1.29, 1.82) is 0 Å². The van der Waals surface area contributed by atoms with E-state index in [2.05, 4.69) is 42.9 Å². The molecule has 1 aromatic rings. The van der Waals surface area contributed by atoms with E-state index in [9.17, 15) is 0 Å². The van der Waals surface area contributed by atoms with Gasteiger partial charge in [-0.1, -0.05) is 23.8 Å². The van der Waals surface area contributed by atoms with Gasteiger partial charge in [-0.2, -0.15) is 0 Å². The number of nitrogens with one attached hydrogen (secondary N) is 2. The smallest absolute Gasteiger partial charge is 0.0764 e. The standard InChI is InChI=1S/C14H23N3O/c1-9-4-5-10(2)11(8-9)13-12(6-7-18-3)16-17-14(13)15/h4-5,8,12-14,16-17H,6-7,15H2,1-3H3. The van der Waals surface area contributed by atoms with E-state index in [4.69, 9.17) is 10.5 Å². The fourth-order valence-corrected chi connectivity index (χ4v) is 2.66. The Morgan fingerprint density at radius 1 is 1.28 bits per heavy atom. The summed E-state index contributed by atoms with van der Waals surface area (Å²) in [5.74, 6) is 0.292. The molecule has 0 amide bonds. The summed E-state index contributed by atoms with van der Waals surface area (Å²) in [6.07, 6.45) is 0.905. The number of ether oxygens (including phenoxy) is 1. The topological polar surface area (TPSA) is 59.3 Å². The third-order valence-electron chi connectivity index (χ3n) is 3.68. The maximum Gasteiger partial charge on any atom is 0.0764 e. The molecule has 100 valence electrons. The van der Waals surface area contributed by atoms with E-state index in [1.165, 1.54) is 16.7 Å². The first-order valence-electron chi connectivity index (χ1n) is 6.46. The molecule has 1 fully saturated rings. The largest absolute Gasteiger partial charge is 0.385 e. The van der Waals surface area contributed by atoms with Crippen LogP contribution in [0.2, 0.25) is 0 Å². The minimum absolute atomic E-state index is 0.0487. The van der Waals surface area contributed by atoms with Crippen LogP contribution in [0.5, 0.6) is 0 Å². The first-order valence-corrected chi connectivity index (χ1v) is 6.46. The number of methoxy groups -OCH3 is 1. The molecule has 0 saturated carbocycles. The van der Waals surface area contributed by atoms with Crippen LogP contribution in [-0.4, -0.2) is 25.9 Å². The highest BCUT2D eigenvalue weighted by molar-refractivity contribution is 5.35. The molecule has 1 aliphatic rings. The van der Waals surface area contributed by atoms with Crippen molar-refractivity contribution in [1.82, 2.24) is 10.9 Å². The van der Waals surface area contributed by atoms with Crippen molar-refractivity contribution in [2.45, 2.75) is 38.4 Å². The third kappa shape index (κ3) is 2.72. The zero-order chi connectivity index (χ0) is 13.1. The summed E-state index contributed by atoms with van der Waals surface area (Å²) in [4.78, 5) is 0. The molecule has 4 nitrogen and oxygen atoms in total. The van der Waals surface area contributed by atoms with Gasteiger partial charge >= 0.3 is 0 Å². The zero-order valence-corrected chi connectivity index (χ0v) is 11.4. The quantitative estimate of drug-likeness (QED) is 0.750. The lowest BCUT2D eigenvalue weighted by molar-refractivity contribution is 0.182. The summed E-state index contributed by atoms with van der Waals surface area (Å²) in [5, 5.41) is 0. The molecule has 1 saturated heterocycles. The second-order valence-corrected chi connectivity index (χ2v) is 5.09. The number of hydrogen-bond donors (Lipinski definition) is 3. The highest BCUT2D eigenvalue weighted by Crippen LogP contribution is 2.30. The van der Waals surface area contributed by atoms with Crippen LogP contribution >= 0.6 is 0 Å². The van der Waals surface area contributed by atoms with Crippen molar-refractivity contribution in [3.63, 3.8) is 0 Å². The lowest BCUT2D eigenvalue weighted by Crippen LogP contribution is -2.38. The Hall–Kier alpha value is -0.940. The van der Waals surface area contributed by atoms with Crippen LogP contribution in [0.25, 0.3) is 0 Å². The summed E-state index contributed by atoms with van der Waals surface area (Å²) in [6, 6.07) is 6.88. The predicted octanol–water partition coefficient (Wildman–Crippen LogP) is 1.18. The molecular weight excluding hydrogens is 226 g/mol. The number of benzene rings is 1. The van der Waals surface area contributed by atoms with E-state index in [1.807, 2.05) is 0 Å². The van der Waals surface area contributed by atoms with Gasteiger partial charge in [-0.15, -0.1) is 0 Å². The second-order valence-electron chi connectivity index (χ2n) is 5.09. The predicted molar refractivity (Wildman–Crippen MR) is 73.2 cm³/mol. The molecule has 0 aliphatic carbocycles. The number of hydrazine groups is 1. The maximum absolute atomic E-state index is 6.18. The van der Waals surface area contributed by atoms with E-state index in [0.29, 0.717) is 12.0 Å². The maximum atomic E-state index is 6.18. The number of rotatable bonds is 4. The van der Waals surface area contributed by atoms with Crippen LogP contribution in [-0.2, 0) is 4.74 Å². The molecule has 0 spiro atoms. The summed E-state index contributed by atoms with van der Waals surface area (Å²) in [7, 11) is 1.73. The van der Waals surface area contributed by atoms with Crippen molar-refractivity contribution in [3.8, 4) is 0 Å². The second kappa shape index (κ2) is 5.80. The van der Waals surface area contributed by atoms with Crippen LogP contribution in [0.4, 0.5) is 0 Å². The molecule has 1 aromatic carbocycles. The third-order valence-corrected chi connectivity index (χ3v) is 3.68. The van der Waals surface area contributed by atoms with Gasteiger partial charge in [-0.05, 0) is 31.4 Å². The number of hydrogen-bond acceptors (Lipinski definition) is 4. The highest BCUT2D eigenvalue weighted by atomic mass is 16.5. The van der Waals surface area contributed by atoms with Gasteiger partial charge in [0.05, 0.1) is 6.17 Å². The van der Waals surface area contributed by atoms with Crippen molar-refractivity contribution >= 4 is 0 Å². The molecule has 0 bridgehead atoms. The minimum Gasteiger partial charge on any atom is -0.385 e. The summed E-state index contributed by atoms with van der Waals surface area (Å²) >= 11 is 0. The number of nitrogens with two attached hydrogens (primary N) is 1. The SMILES string of the molecule is COCCC1NNC(N)C1c1cc(C)ccc1C. The van der Waals surface area contributed by atoms with Crippen LogP contribution in [0.3, 0.4) is 0 Å². The summed E-state index contributed by atoms with van der Waals surface area (Å²) in [5.41, 5.74) is 16.5. The first kappa shape index (κ1) is 13.5. The van der Waals surface area contributed by atoms with Gasteiger partial charge in [-0.25, -0.2) is 5.43 Å². The van der Waals surface area contributed by atoms with Gasteiger partial charge in [-0.3, -0.25) is 5.43 Å². The Morgan fingerprint density at radius 3 is 2.78 bits per heavy atom. The Labute approximate surface area is 109 Å². The zero-order valence-electron chi connectivity index (χ0n) is 11.4. The summed E-state index contributed by atoms with van der Waals surface area (Å²) < 4.78 is 5.17. The molecule has 4 heteroatoms. The molecular formula is C14H23N3O. The fraction of sp³-hybridized carbons (Fsp3) is 0.571. The Balaban J connectivity index is 2.24. The molecule has 3 unspecified atom stereocenters. The average Bonchev–Trinajstić information content (AvgIpc) is 2.71. The van der Waals surface area contributed by atoms with Gasteiger partial charge in [0.2, 0.25) is 0 Å². The lowest BCUT2D eigenvalue weighted by Gasteiger charge is -2.23. The monoisotopic (exact) mass is 249 g/mol. The Morgan fingerprint density at radius 2 is 2.06 bits per heavy atom. The van der Waals surface area contributed by atoms with Crippen LogP contribution < -0.4 is 16.6 Å². The van der Waals surface area contributed by atoms with E-state index in [-0.39, 0.29) is 6.17 Å². The van der Waals surface area contributed by atoms with Crippen molar-refractivity contribution in [2.24, 2.45) is 5.73 Å². The van der Waals surface area contributed by atoms with Gasteiger partial charge in [0.1, 0.15) is 0 Å². The van der Waals surface area contributed by atoms with Gasteiger partial charge < -0.3 is 10.5 Å². The van der Waals surface area contributed by atoms with Crippen molar-refractivity contribution in [2.75, 3.05) is 13.7 Å². The lowest BCUT2D eigenvalue weighted by atomic mass is 9.86. The van der Waals surface area contributed by atoms with E-state index in [1.54, 1.807) is 7.11 Å². The normalized spacial score (nSPS) is 27.7. The molecule has 18 heavy (non-hydrogen) atoms. The molecule has 0 aromatic heterocycles. The molecule has 4 N–H and O–H groups in total. The van der Waals surface area contributed by atoms with Gasteiger partial charge in [0.15, 0.2) is 0 Å². The van der Waals surface area contributed by atoms with Gasteiger partial charge in [0.25, 0.3) is 0 Å². The van der Waals surface area contributed by atoms with Crippen molar-refractivity contribution < 1.29 is 4.74 Å². The van der Waals surface area contributed by atoms with Crippen LogP contribution in [0.15, 0.2) is 18.2 Å². The first-order chi connectivity index (χ1) is 8.63. The average molecular weight is 249 g/mol. The summed E-state index contributed by atoms with van der Waals surface area (Å²) in [6.45, 7) is 5.01. The Kier molecular flexibility index (Phi) is 4.35. The molecule has 1 aliphatic heterocycles. The van der Waals surface area contributed by atoms with Gasteiger partial charge in [0, 0.05) is 25.7 Å². The van der Waals surface area contributed by atoms with Crippen LogP contribution in [0, 0.1) is 13.8 Å². The van der Waals surface area contributed by atoms with Crippen molar-refractivity contribution in [3.05, 3.63) is 34.9 Å². The molecule has 0 radical (unpaired) electrons. The van der Waals surface area contributed by atoms with Crippen LogP contribution in [0.1, 0.15) is 29.0 Å². The molecule has 1 heterocycles. The molecule has 2 rings (SSSR count). The van der Waals surface area contributed by atoms with E-state index in [0.717, 1.165) is 13.0 Å². The molecule has 3 atom stereocenters. The highest BCUT2D eigenvalue weighted by Gasteiger charge is 2.35. The van der Waals surface area contributed by atoms with E-state index >= 15 is 0 Å². The Bertz CT molecular complexity index is 408. The number of aryl methyl sites for hydroxylation is 2. The van der Waals surface area contributed by atoms with E-state index < -0.39 is 0 Å².